The van der Waals surface area contributed by atoms with Crippen LogP contribution in [0.25, 0.3) is 0 Å². The third-order valence-electron chi connectivity index (χ3n) is 2.96. The second kappa shape index (κ2) is 5.57. The first kappa shape index (κ1) is 13.1. The largest absolute Gasteiger partial charge is 0.618 e. The predicted octanol–water partition coefficient (Wildman–Crippen LogP) is 3.32. The fourth-order valence-corrected chi connectivity index (χ4v) is 1.76. The Morgan fingerprint density at radius 1 is 0.947 bits per heavy atom. The molecule has 0 aliphatic carbocycles. The highest BCUT2D eigenvalue weighted by molar-refractivity contribution is 5.77. The summed E-state index contributed by atoms with van der Waals surface area (Å²) < 4.78 is 0.893. The van der Waals surface area contributed by atoms with Crippen LogP contribution in [0.3, 0.4) is 0 Å². The number of anilines is 1. The summed E-state index contributed by atoms with van der Waals surface area (Å²) in [4.78, 5) is 2.03. The summed E-state index contributed by atoms with van der Waals surface area (Å²) in [5.41, 5.74) is 3.79. The number of hydrogen-bond donors (Lipinski definition) is 0. The highest BCUT2D eigenvalue weighted by Gasteiger charge is 2.02. The van der Waals surface area contributed by atoms with E-state index < -0.39 is 0 Å². The normalized spacial score (nSPS) is 11.4. The Morgan fingerprint density at radius 3 is 2.05 bits per heavy atom. The molecule has 0 aromatic heterocycles. The zero-order chi connectivity index (χ0) is 13.8. The molecular formula is C16H18N2O. The van der Waals surface area contributed by atoms with Crippen LogP contribution in [-0.4, -0.2) is 25.0 Å². The molecule has 0 saturated heterocycles. The van der Waals surface area contributed by atoms with E-state index in [0.717, 1.165) is 21.6 Å². The van der Waals surface area contributed by atoms with E-state index in [4.69, 9.17) is 0 Å². The van der Waals surface area contributed by atoms with Crippen molar-refractivity contribution in [3.63, 3.8) is 0 Å². The average Bonchev–Trinajstić information content (AvgIpc) is 2.40. The topological polar surface area (TPSA) is 29.3 Å². The molecule has 0 spiro atoms. The Kier molecular flexibility index (Phi) is 3.85. The van der Waals surface area contributed by atoms with Crippen LogP contribution in [0.5, 0.6) is 0 Å². The molecule has 98 valence electrons. The van der Waals surface area contributed by atoms with E-state index in [9.17, 15) is 5.21 Å². The highest BCUT2D eigenvalue weighted by atomic mass is 16.5. The molecule has 3 nitrogen and oxygen atoms in total. The lowest BCUT2D eigenvalue weighted by Crippen LogP contribution is -2.08. The average molecular weight is 254 g/mol. The van der Waals surface area contributed by atoms with Gasteiger partial charge in [-0.3, -0.25) is 0 Å². The van der Waals surface area contributed by atoms with E-state index in [1.54, 1.807) is 6.21 Å². The Bertz CT molecular complexity index is 569. The summed E-state index contributed by atoms with van der Waals surface area (Å²) in [5, 5.41) is 12.0. The standard InChI is InChI=1S/C16H18N2O/c1-13-4-8-16(9-5-13)18(19)12-14-6-10-15(11-7-14)17(2)3/h4-12H,1-3H3/b18-12-. The van der Waals surface area contributed by atoms with Gasteiger partial charge in [0.2, 0.25) is 5.69 Å². The third-order valence-corrected chi connectivity index (χ3v) is 2.96. The lowest BCUT2D eigenvalue weighted by Gasteiger charge is -2.11. The number of aryl methyl sites for hydroxylation is 1. The second-order valence-corrected chi connectivity index (χ2v) is 4.78. The van der Waals surface area contributed by atoms with Crippen molar-refractivity contribution < 1.29 is 4.74 Å². The van der Waals surface area contributed by atoms with Crippen LogP contribution in [-0.2, 0) is 0 Å². The fraction of sp³-hybridized carbons (Fsp3) is 0.188. The summed E-state index contributed by atoms with van der Waals surface area (Å²) in [6.45, 7) is 2.00. The molecule has 0 atom stereocenters. The van der Waals surface area contributed by atoms with Crippen molar-refractivity contribution in [1.82, 2.24) is 0 Å². The van der Waals surface area contributed by atoms with Gasteiger partial charge in [-0.1, -0.05) is 17.7 Å². The van der Waals surface area contributed by atoms with Gasteiger partial charge < -0.3 is 10.1 Å². The van der Waals surface area contributed by atoms with Gasteiger partial charge in [-0.25, -0.2) is 0 Å². The van der Waals surface area contributed by atoms with E-state index in [-0.39, 0.29) is 0 Å². The highest BCUT2D eigenvalue weighted by Crippen LogP contribution is 2.14. The molecule has 0 N–H and O–H groups in total. The quantitative estimate of drug-likeness (QED) is 0.364. The smallest absolute Gasteiger partial charge is 0.216 e. The van der Waals surface area contributed by atoms with Gasteiger partial charge in [0.05, 0.1) is 0 Å². The molecule has 0 amide bonds. The molecule has 0 bridgehead atoms. The molecule has 2 aromatic carbocycles. The molecule has 19 heavy (non-hydrogen) atoms. The first-order valence-corrected chi connectivity index (χ1v) is 6.21. The predicted molar refractivity (Wildman–Crippen MR) is 80.4 cm³/mol. The molecule has 2 aromatic rings. The van der Waals surface area contributed by atoms with Gasteiger partial charge >= 0.3 is 0 Å². The van der Waals surface area contributed by atoms with Crippen molar-refractivity contribution in [2.45, 2.75) is 6.92 Å². The fourth-order valence-electron chi connectivity index (χ4n) is 1.76. The Hall–Kier alpha value is -2.29. The Morgan fingerprint density at radius 2 is 1.53 bits per heavy atom. The lowest BCUT2D eigenvalue weighted by molar-refractivity contribution is -0.354. The van der Waals surface area contributed by atoms with Gasteiger partial charge in [0.15, 0.2) is 6.21 Å². The molecule has 0 heterocycles. The van der Waals surface area contributed by atoms with Crippen LogP contribution in [0, 0.1) is 12.1 Å². The van der Waals surface area contributed by atoms with E-state index in [2.05, 4.69) is 0 Å². The van der Waals surface area contributed by atoms with Crippen molar-refractivity contribution in [1.29, 1.82) is 0 Å². The maximum Gasteiger partial charge on any atom is 0.216 e. The van der Waals surface area contributed by atoms with Gasteiger partial charge in [-0.2, -0.15) is 4.74 Å². The number of rotatable bonds is 3. The Labute approximate surface area is 114 Å². The van der Waals surface area contributed by atoms with Crippen LogP contribution >= 0.6 is 0 Å². The minimum atomic E-state index is 0.641. The van der Waals surface area contributed by atoms with Crippen molar-refractivity contribution in [2.75, 3.05) is 19.0 Å². The summed E-state index contributed by atoms with van der Waals surface area (Å²) in [7, 11) is 3.98. The SMILES string of the molecule is Cc1ccc(/[N+]([O-])=C/c2ccc(N(C)C)cc2)cc1. The zero-order valence-electron chi connectivity index (χ0n) is 11.5. The molecule has 0 aliphatic rings. The van der Waals surface area contributed by atoms with Crippen LogP contribution in [0.4, 0.5) is 11.4 Å². The molecule has 0 aliphatic heterocycles. The van der Waals surface area contributed by atoms with Crippen LogP contribution in [0.15, 0.2) is 48.5 Å². The molecule has 0 fully saturated rings. The summed E-state index contributed by atoms with van der Waals surface area (Å²) in [6.07, 6.45) is 1.59. The van der Waals surface area contributed by atoms with Gasteiger partial charge in [0.25, 0.3) is 0 Å². The summed E-state index contributed by atoms with van der Waals surface area (Å²) >= 11 is 0. The van der Waals surface area contributed by atoms with E-state index in [1.807, 2.05) is 74.4 Å². The second-order valence-electron chi connectivity index (χ2n) is 4.78. The summed E-state index contributed by atoms with van der Waals surface area (Å²) in [5.74, 6) is 0. The van der Waals surface area contributed by atoms with Crippen LogP contribution < -0.4 is 4.90 Å². The van der Waals surface area contributed by atoms with E-state index in [0.29, 0.717) is 5.69 Å². The third kappa shape index (κ3) is 3.35. The van der Waals surface area contributed by atoms with Crippen molar-refractivity contribution in [3.8, 4) is 0 Å². The zero-order valence-corrected chi connectivity index (χ0v) is 11.5. The van der Waals surface area contributed by atoms with Gasteiger partial charge in [0.1, 0.15) is 0 Å². The van der Waals surface area contributed by atoms with Crippen LogP contribution in [0.2, 0.25) is 0 Å². The summed E-state index contributed by atoms with van der Waals surface area (Å²) in [6, 6.07) is 15.4. The molecular weight excluding hydrogens is 236 g/mol. The molecule has 3 heteroatoms. The molecule has 2 rings (SSSR count). The van der Waals surface area contributed by atoms with E-state index in [1.165, 1.54) is 0 Å². The number of benzene rings is 2. The maximum atomic E-state index is 12.0. The maximum absolute atomic E-state index is 12.0. The molecule has 0 saturated carbocycles. The van der Waals surface area contributed by atoms with Crippen LogP contribution in [0.1, 0.15) is 11.1 Å². The number of nitrogens with zero attached hydrogens (tertiary/aromatic N) is 2. The van der Waals surface area contributed by atoms with Crippen molar-refractivity contribution in [3.05, 3.63) is 64.9 Å². The van der Waals surface area contributed by atoms with Gasteiger partial charge in [0, 0.05) is 37.5 Å². The van der Waals surface area contributed by atoms with Crippen molar-refractivity contribution >= 4 is 17.6 Å². The first-order valence-electron chi connectivity index (χ1n) is 6.21. The number of hydrogen-bond acceptors (Lipinski definition) is 2. The first-order chi connectivity index (χ1) is 9.06. The Balaban J connectivity index is 2.22. The minimum absolute atomic E-state index is 0.641. The minimum Gasteiger partial charge on any atom is -0.618 e. The van der Waals surface area contributed by atoms with E-state index >= 15 is 0 Å². The van der Waals surface area contributed by atoms with Gasteiger partial charge in [-0.05, 0) is 31.2 Å². The molecule has 0 unspecified atom stereocenters. The molecule has 0 radical (unpaired) electrons. The monoisotopic (exact) mass is 254 g/mol. The lowest BCUT2D eigenvalue weighted by atomic mass is 10.2. The van der Waals surface area contributed by atoms with Gasteiger partial charge in [-0.15, -0.1) is 0 Å². The van der Waals surface area contributed by atoms with Crippen molar-refractivity contribution in [2.24, 2.45) is 0 Å².